The van der Waals surface area contributed by atoms with Gasteiger partial charge in [0.2, 0.25) is 5.91 Å². The molecule has 12 heteroatoms. The van der Waals surface area contributed by atoms with Gasteiger partial charge in [-0.15, -0.1) is 0 Å². The molecular formula is C31H39N5O7. The lowest BCUT2D eigenvalue weighted by molar-refractivity contribution is -0.139. The zero-order chi connectivity index (χ0) is 31.8. The molecule has 3 aromatic rings. The third kappa shape index (κ3) is 9.96. The number of nitrogens with one attached hydrogen (secondary N) is 3. The first-order valence-corrected chi connectivity index (χ1v) is 13.7. The van der Waals surface area contributed by atoms with Gasteiger partial charge in [-0.2, -0.15) is 0 Å². The van der Waals surface area contributed by atoms with Crippen LogP contribution in [0.4, 0.5) is 10.6 Å². The highest BCUT2D eigenvalue weighted by molar-refractivity contribution is 5.98. The van der Waals surface area contributed by atoms with Crippen molar-refractivity contribution in [2.24, 2.45) is 0 Å². The van der Waals surface area contributed by atoms with Crippen LogP contribution in [0.2, 0.25) is 0 Å². The molecule has 0 aliphatic rings. The predicted octanol–water partition coefficient (Wildman–Crippen LogP) is 3.81. The van der Waals surface area contributed by atoms with Crippen molar-refractivity contribution in [1.82, 2.24) is 20.2 Å². The number of aliphatic carboxylic acids is 1. The van der Waals surface area contributed by atoms with E-state index in [0.717, 1.165) is 11.1 Å². The highest BCUT2D eigenvalue weighted by atomic mass is 16.6. The summed E-state index contributed by atoms with van der Waals surface area (Å²) < 4.78 is 12.4. The fraction of sp³-hybridized carbons (Fsp3) is 0.387. The van der Waals surface area contributed by atoms with Crippen molar-refractivity contribution < 1.29 is 33.8 Å². The van der Waals surface area contributed by atoms with Gasteiger partial charge in [-0.25, -0.2) is 14.6 Å². The van der Waals surface area contributed by atoms with Crippen LogP contribution in [0.25, 0.3) is 0 Å². The van der Waals surface area contributed by atoms with Gasteiger partial charge in [0, 0.05) is 6.20 Å². The maximum Gasteiger partial charge on any atom is 0.408 e. The van der Waals surface area contributed by atoms with Gasteiger partial charge in [0.25, 0.3) is 5.91 Å². The van der Waals surface area contributed by atoms with Crippen molar-refractivity contribution in [3.8, 4) is 0 Å². The number of aromatic nitrogens is 2. The highest BCUT2D eigenvalue weighted by Crippen LogP contribution is 2.21. The molecule has 3 rings (SSSR count). The van der Waals surface area contributed by atoms with Gasteiger partial charge >= 0.3 is 12.1 Å². The van der Waals surface area contributed by atoms with E-state index in [2.05, 4.69) is 20.9 Å². The van der Waals surface area contributed by atoms with Crippen molar-refractivity contribution in [2.45, 2.75) is 71.4 Å². The number of nitrogens with zero attached hydrogens (tertiary/aromatic N) is 2. The SMILES string of the molecule is Cc1cccc(C(C(=O)O)n2cnc(NC(=O)C(COCc3ccccc3)NC(=O)C(C)(C)NC(=O)OC(C)(C)C)c2)c1. The van der Waals surface area contributed by atoms with Gasteiger partial charge in [-0.05, 0) is 52.7 Å². The normalized spacial score (nSPS) is 13.0. The van der Waals surface area contributed by atoms with Gasteiger partial charge in [0.05, 0.1) is 19.5 Å². The second-order valence-corrected chi connectivity index (χ2v) is 11.6. The monoisotopic (exact) mass is 593 g/mol. The van der Waals surface area contributed by atoms with Crippen LogP contribution < -0.4 is 16.0 Å². The molecule has 3 amide bonds. The molecule has 0 saturated heterocycles. The molecule has 4 N–H and O–H groups in total. The lowest BCUT2D eigenvalue weighted by Gasteiger charge is -2.29. The predicted molar refractivity (Wildman–Crippen MR) is 159 cm³/mol. The van der Waals surface area contributed by atoms with E-state index in [4.69, 9.17) is 9.47 Å². The Morgan fingerprint density at radius 2 is 1.70 bits per heavy atom. The maximum absolute atomic E-state index is 13.4. The lowest BCUT2D eigenvalue weighted by atomic mass is 10.0. The summed E-state index contributed by atoms with van der Waals surface area (Å²) in [5, 5.41) is 17.7. The summed E-state index contributed by atoms with van der Waals surface area (Å²) in [6.07, 6.45) is 1.92. The molecule has 0 aliphatic heterocycles. The molecule has 2 atom stereocenters. The number of carbonyl (C=O) groups excluding carboxylic acids is 3. The Bertz CT molecular complexity index is 1430. The van der Waals surface area contributed by atoms with Gasteiger partial charge in [0.1, 0.15) is 17.2 Å². The number of amides is 3. The Morgan fingerprint density at radius 3 is 2.33 bits per heavy atom. The van der Waals surface area contributed by atoms with Crippen LogP contribution >= 0.6 is 0 Å². The molecule has 0 bridgehead atoms. The first-order valence-electron chi connectivity index (χ1n) is 13.7. The fourth-order valence-electron chi connectivity index (χ4n) is 4.04. The van der Waals surface area contributed by atoms with Gasteiger partial charge in [-0.3, -0.25) is 9.59 Å². The summed E-state index contributed by atoms with van der Waals surface area (Å²) >= 11 is 0. The Balaban J connectivity index is 1.76. The second-order valence-electron chi connectivity index (χ2n) is 11.6. The van der Waals surface area contributed by atoms with E-state index < -0.39 is 47.1 Å². The molecule has 2 unspecified atom stereocenters. The van der Waals surface area contributed by atoms with Gasteiger partial charge in [0.15, 0.2) is 11.9 Å². The van der Waals surface area contributed by atoms with Crippen LogP contribution in [0, 0.1) is 6.92 Å². The smallest absolute Gasteiger partial charge is 0.408 e. The van der Waals surface area contributed by atoms with Crippen molar-refractivity contribution in [2.75, 3.05) is 11.9 Å². The summed E-state index contributed by atoms with van der Waals surface area (Å²) in [7, 11) is 0. The van der Waals surface area contributed by atoms with Crippen molar-refractivity contribution in [3.63, 3.8) is 0 Å². The molecule has 43 heavy (non-hydrogen) atoms. The number of rotatable bonds is 12. The van der Waals surface area contributed by atoms with Crippen molar-refractivity contribution in [1.29, 1.82) is 0 Å². The average Bonchev–Trinajstić information content (AvgIpc) is 3.34. The summed E-state index contributed by atoms with van der Waals surface area (Å²) in [6, 6.07) is 14.1. The van der Waals surface area contributed by atoms with Crippen LogP contribution in [0.5, 0.6) is 0 Å². The molecule has 0 aliphatic carbocycles. The summed E-state index contributed by atoms with van der Waals surface area (Å²) in [4.78, 5) is 55.2. The minimum Gasteiger partial charge on any atom is -0.479 e. The van der Waals surface area contributed by atoms with E-state index in [1.165, 1.54) is 30.9 Å². The zero-order valence-electron chi connectivity index (χ0n) is 25.2. The number of hydrogen-bond donors (Lipinski definition) is 4. The number of alkyl carbamates (subject to hydrolysis) is 1. The number of carboxylic acid groups (broad SMARTS) is 1. The molecule has 230 valence electrons. The minimum absolute atomic E-state index is 0.0809. The van der Waals surface area contributed by atoms with E-state index in [-0.39, 0.29) is 19.0 Å². The number of anilines is 1. The Morgan fingerprint density at radius 1 is 1.00 bits per heavy atom. The lowest BCUT2D eigenvalue weighted by Crippen LogP contribution is -2.59. The third-order valence-electron chi connectivity index (χ3n) is 6.14. The second kappa shape index (κ2) is 14.0. The minimum atomic E-state index is -1.44. The Kier molecular flexibility index (Phi) is 10.7. The zero-order valence-corrected chi connectivity index (χ0v) is 25.2. The van der Waals surface area contributed by atoms with Crippen LogP contribution in [-0.4, -0.2) is 62.3 Å². The molecule has 1 aromatic heterocycles. The van der Waals surface area contributed by atoms with Crippen LogP contribution in [0.3, 0.4) is 0 Å². The van der Waals surface area contributed by atoms with Crippen LogP contribution in [0.15, 0.2) is 67.1 Å². The summed E-state index contributed by atoms with van der Waals surface area (Å²) in [5.74, 6) is -2.32. The summed E-state index contributed by atoms with van der Waals surface area (Å²) in [5.41, 5.74) is 0.101. The molecule has 0 spiro atoms. The Labute approximate surface area is 250 Å². The first-order chi connectivity index (χ1) is 20.1. The first kappa shape index (κ1) is 32.8. The van der Waals surface area contributed by atoms with Gasteiger partial charge in [-0.1, -0.05) is 60.2 Å². The van der Waals surface area contributed by atoms with Gasteiger partial charge < -0.3 is 35.1 Å². The molecule has 1 heterocycles. The molecule has 0 saturated carbocycles. The number of carbonyl (C=O) groups is 4. The molecule has 12 nitrogen and oxygen atoms in total. The number of hydrogen-bond acceptors (Lipinski definition) is 7. The average molecular weight is 594 g/mol. The van der Waals surface area contributed by atoms with Crippen LogP contribution in [-0.2, 0) is 30.5 Å². The maximum atomic E-state index is 13.4. The molecule has 0 radical (unpaired) electrons. The van der Waals surface area contributed by atoms with E-state index in [1.807, 2.05) is 43.3 Å². The molecular weight excluding hydrogens is 554 g/mol. The molecule has 0 fully saturated rings. The van der Waals surface area contributed by atoms with E-state index in [9.17, 15) is 24.3 Å². The van der Waals surface area contributed by atoms with Crippen LogP contribution in [0.1, 0.15) is 57.4 Å². The van der Waals surface area contributed by atoms with Crippen molar-refractivity contribution >= 4 is 29.7 Å². The standard InChI is InChI=1S/C31H39N5O7/c1-20-11-10-14-22(15-20)25(27(38)39)36-16-24(32-19-36)34-26(37)23(18-42-17-21-12-8-7-9-13-21)33-28(40)31(5,6)35-29(41)43-30(2,3)4/h7-16,19,23,25H,17-18H2,1-6H3,(H,33,40)(H,34,37)(H,35,41)(H,38,39). The number of aryl methyl sites for hydroxylation is 1. The van der Waals surface area contributed by atoms with E-state index in [1.54, 1.807) is 39.0 Å². The Hall–Kier alpha value is -4.71. The van der Waals surface area contributed by atoms with Crippen molar-refractivity contribution in [3.05, 3.63) is 83.8 Å². The third-order valence-corrected chi connectivity index (χ3v) is 6.14. The quantitative estimate of drug-likeness (QED) is 0.247. The number of carboxylic acids is 1. The van der Waals surface area contributed by atoms with E-state index >= 15 is 0 Å². The number of imidazole rings is 1. The number of benzene rings is 2. The number of ether oxygens (including phenoxy) is 2. The largest absolute Gasteiger partial charge is 0.479 e. The molecule has 2 aromatic carbocycles. The summed E-state index contributed by atoms with van der Waals surface area (Å²) in [6.45, 7) is 9.90. The highest BCUT2D eigenvalue weighted by Gasteiger charge is 2.35. The fourth-order valence-corrected chi connectivity index (χ4v) is 4.04. The topological polar surface area (TPSA) is 161 Å². The van der Waals surface area contributed by atoms with E-state index in [0.29, 0.717) is 5.56 Å².